The maximum absolute atomic E-state index is 12.9. The summed E-state index contributed by atoms with van der Waals surface area (Å²) in [5.74, 6) is -1.50. The third-order valence-corrected chi connectivity index (χ3v) is 1.87. The summed E-state index contributed by atoms with van der Waals surface area (Å²) in [5, 5.41) is 0. The number of hydrogen-bond donors (Lipinski definition) is 1. The molecule has 1 aromatic carbocycles. The molecule has 3 nitrogen and oxygen atoms in total. The Kier molecular flexibility index (Phi) is 2.68. The molecular formula is C11H8F2N2O. The highest BCUT2D eigenvalue weighted by Crippen LogP contribution is 2.22. The van der Waals surface area contributed by atoms with Crippen LogP contribution in [0, 0.1) is 11.6 Å². The number of benzene rings is 1. The number of nitrogens with zero attached hydrogens (tertiary/aromatic N) is 1. The number of anilines is 1. The second-order valence-corrected chi connectivity index (χ2v) is 3.11. The molecule has 1 heterocycles. The van der Waals surface area contributed by atoms with Gasteiger partial charge in [0.1, 0.15) is 5.75 Å². The van der Waals surface area contributed by atoms with Gasteiger partial charge in [-0.05, 0) is 18.2 Å². The SMILES string of the molecule is Nc1ccnc(Oc2ccc(F)c(F)c2)c1. The van der Waals surface area contributed by atoms with Gasteiger partial charge >= 0.3 is 0 Å². The van der Waals surface area contributed by atoms with Crippen LogP contribution in [0.25, 0.3) is 0 Å². The van der Waals surface area contributed by atoms with Crippen LogP contribution < -0.4 is 10.5 Å². The number of rotatable bonds is 2. The molecule has 0 aliphatic heterocycles. The third-order valence-electron chi connectivity index (χ3n) is 1.87. The lowest BCUT2D eigenvalue weighted by Gasteiger charge is -2.05. The van der Waals surface area contributed by atoms with E-state index in [-0.39, 0.29) is 11.6 Å². The summed E-state index contributed by atoms with van der Waals surface area (Å²) in [6.45, 7) is 0. The highest BCUT2D eigenvalue weighted by atomic mass is 19.2. The lowest BCUT2D eigenvalue weighted by Crippen LogP contribution is -1.92. The quantitative estimate of drug-likeness (QED) is 0.849. The molecule has 0 radical (unpaired) electrons. The molecule has 0 fully saturated rings. The fourth-order valence-electron chi connectivity index (χ4n) is 1.14. The molecule has 0 saturated carbocycles. The van der Waals surface area contributed by atoms with Crippen LogP contribution in [0.5, 0.6) is 11.6 Å². The van der Waals surface area contributed by atoms with Gasteiger partial charge < -0.3 is 10.5 Å². The van der Waals surface area contributed by atoms with Gasteiger partial charge in [0.15, 0.2) is 11.6 Å². The molecule has 0 aliphatic rings. The summed E-state index contributed by atoms with van der Waals surface area (Å²) in [5.41, 5.74) is 5.99. The van der Waals surface area contributed by atoms with Gasteiger partial charge in [0, 0.05) is 24.0 Å². The topological polar surface area (TPSA) is 48.1 Å². The van der Waals surface area contributed by atoms with Gasteiger partial charge in [-0.3, -0.25) is 0 Å². The van der Waals surface area contributed by atoms with E-state index in [2.05, 4.69) is 4.98 Å². The minimum absolute atomic E-state index is 0.164. The zero-order valence-electron chi connectivity index (χ0n) is 8.15. The zero-order chi connectivity index (χ0) is 11.5. The first-order chi connectivity index (χ1) is 7.65. The van der Waals surface area contributed by atoms with Crippen molar-refractivity contribution >= 4 is 5.69 Å². The van der Waals surface area contributed by atoms with E-state index in [1.807, 2.05) is 0 Å². The smallest absolute Gasteiger partial charge is 0.221 e. The minimum Gasteiger partial charge on any atom is -0.439 e. The van der Waals surface area contributed by atoms with E-state index in [9.17, 15) is 8.78 Å². The van der Waals surface area contributed by atoms with E-state index >= 15 is 0 Å². The molecular weight excluding hydrogens is 214 g/mol. The molecule has 82 valence electrons. The molecule has 0 bridgehead atoms. The molecule has 1 aromatic heterocycles. The molecule has 5 heteroatoms. The Balaban J connectivity index is 2.24. The van der Waals surface area contributed by atoms with E-state index in [0.29, 0.717) is 5.69 Å². The van der Waals surface area contributed by atoms with E-state index in [4.69, 9.17) is 10.5 Å². The summed E-state index contributed by atoms with van der Waals surface area (Å²) >= 11 is 0. The molecule has 0 atom stereocenters. The van der Waals surface area contributed by atoms with Crippen LogP contribution in [0.15, 0.2) is 36.5 Å². The Morgan fingerprint density at radius 3 is 2.56 bits per heavy atom. The van der Waals surface area contributed by atoms with Crippen LogP contribution in [0.3, 0.4) is 0 Å². The first-order valence-electron chi connectivity index (χ1n) is 4.49. The minimum atomic E-state index is -0.971. The number of pyridine rings is 1. The van der Waals surface area contributed by atoms with E-state index < -0.39 is 11.6 Å². The average molecular weight is 222 g/mol. The maximum Gasteiger partial charge on any atom is 0.221 e. The van der Waals surface area contributed by atoms with Crippen LogP contribution >= 0.6 is 0 Å². The van der Waals surface area contributed by atoms with Crippen molar-refractivity contribution in [3.05, 3.63) is 48.2 Å². The standard InChI is InChI=1S/C11H8F2N2O/c12-9-2-1-8(6-10(9)13)16-11-5-7(14)3-4-15-11/h1-6H,(H2,14,15). The highest BCUT2D eigenvalue weighted by molar-refractivity contribution is 5.41. The number of nitrogens with two attached hydrogens (primary N) is 1. The van der Waals surface area contributed by atoms with Crippen LogP contribution in [-0.4, -0.2) is 4.98 Å². The van der Waals surface area contributed by atoms with Gasteiger partial charge in [0.2, 0.25) is 5.88 Å². The van der Waals surface area contributed by atoms with Crippen LogP contribution in [0.1, 0.15) is 0 Å². The van der Waals surface area contributed by atoms with Gasteiger partial charge in [0.05, 0.1) is 0 Å². The summed E-state index contributed by atoms with van der Waals surface area (Å²) < 4.78 is 30.7. The largest absolute Gasteiger partial charge is 0.439 e. The Morgan fingerprint density at radius 1 is 1.06 bits per heavy atom. The average Bonchev–Trinajstić information content (AvgIpc) is 2.24. The van der Waals surface area contributed by atoms with Crippen molar-refractivity contribution in [1.29, 1.82) is 0 Å². The lowest BCUT2D eigenvalue weighted by molar-refractivity contribution is 0.448. The van der Waals surface area contributed by atoms with E-state index in [0.717, 1.165) is 12.1 Å². The summed E-state index contributed by atoms with van der Waals surface area (Å²) in [7, 11) is 0. The van der Waals surface area contributed by atoms with Crippen molar-refractivity contribution in [3.63, 3.8) is 0 Å². The van der Waals surface area contributed by atoms with Crippen molar-refractivity contribution in [3.8, 4) is 11.6 Å². The Labute approximate surface area is 90.5 Å². The normalized spacial score (nSPS) is 10.1. The van der Waals surface area contributed by atoms with Gasteiger partial charge in [-0.2, -0.15) is 0 Å². The number of nitrogen functional groups attached to an aromatic ring is 1. The number of ether oxygens (including phenoxy) is 1. The zero-order valence-corrected chi connectivity index (χ0v) is 8.15. The van der Waals surface area contributed by atoms with Crippen molar-refractivity contribution in [2.45, 2.75) is 0 Å². The fourth-order valence-corrected chi connectivity index (χ4v) is 1.14. The number of aromatic nitrogens is 1. The van der Waals surface area contributed by atoms with Gasteiger partial charge in [0.25, 0.3) is 0 Å². The van der Waals surface area contributed by atoms with Crippen LogP contribution in [-0.2, 0) is 0 Å². The molecule has 0 unspecified atom stereocenters. The monoisotopic (exact) mass is 222 g/mol. The van der Waals surface area contributed by atoms with Crippen molar-refractivity contribution in [2.75, 3.05) is 5.73 Å². The second-order valence-electron chi connectivity index (χ2n) is 3.11. The first-order valence-corrected chi connectivity index (χ1v) is 4.49. The van der Waals surface area contributed by atoms with Crippen LogP contribution in [0.2, 0.25) is 0 Å². The van der Waals surface area contributed by atoms with Crippen molar-refractivity contribution < 1.29 is 13.5 Å². The molecule has 2 rings (SSSR count). The van der Waals surface area contributed by atoms with Crippen molar-refractivity contribution in [1.82, 2.24) is 4.98 Å². The summed E-state index contributed by atoms with van der Waals surface area (Å²) in [4.78, 5) is 3.87. The molecule has 0 amide bonds. The maximum atomic E-state index is 12.9. The number of hydrogen-bond acceptors (Lipinski definition) is 3. The van der Waals surface area contributed by atoms with E-state index in [1.54, 1.807) is 6.07 Å². The Morgan fingerprint density at radius 2 is 1.88 bits per heavy atom. The number of halogens is 2. The first kappa shape index (κ1) is 10.4. The molecule has 16 heavy (non-hydrogen) atoms. The van der Waals surface area contributed by atoms with Crippen molar-refractivity contribution in [2.24, 2.45) is 0 Å². The highest BCUT2D eigenvalue weighted by Gasteiger charge is 2.04. The van der Waals surface area contributed by atoms with E-state index in [1.165, 1.54) is 18.3 Å². The second kappa shape index (κ2) is 4.14. The molecule has 2 N–H and O–H groups in total. The van der Waals surface area contributed by atoms with Gasteiger partial charge in [-0.15, -0.1) is 0 Å². The Hall–Kier alpha value is -2.17. The predicted octanol–water partition coefficient (Wildman–Crippen LogP) is 2.73. The van der Waals surface area contributed by atoms with Gasteiger partial charge in [-0.1, -0.05) is 0 Å². The molecule has 0 saturated heterocycles. The fraction of sp³-hybridized carbons (Fsp3) is 0. The third kappa shape index (κ3) is 2.25. The Bertz CT molecular complexity index is 517. The molecule has 2 aromatic rings. The lowest BCUT2D eigenvalue weighted by atomic mass is 10.3. The summed E-state index contributed by atoms with van der Waals surface area (Å²) in [6, 6.07) is 6.32. The van der Waals surface area contributed by atoms with Gasteiger partial charge in [-0.25, -0.2) is 13.8 Å². The molecule has 0 spiro atoms. The van der Waals surface area contributed by atoms with Crippen LogP contribution in [0.4, 0.5) is 14.5 Å². The molecule has 0 aliphatic carbocycles. The predicted molar refractivity (Wildman–Crippen MR) is 55.1 cm³/mol. The summed E-state index contributed by atoms with van der Waals surface area (Å²) in [6.07, 6.45) is 1.46.